The van der Waals surface area contributed by atoms with Gasteiger partial charge in [-0.05, 0) is 49.1 Å². The highest BCUT2D eigenvalue weighted by Crippen LogP contribution is 2.44. The van der Waals surface area contributed by atoms with Crippen molar-refractivity contribution in [2.75, 3.05) is 6.54 Å². The number of rotatable bonds is 5. The summed E-state index contributed by atoms with van der Waals surface area (Å²) in [4.78, 5) is 10.2. The van der Waals surface area contributed by atoms with E-state index < -0.39 is 0 Å². The van der Waals surface area contributed by atoms with Crippen molar-refractivity contribution in [3.63, 3.8) is 0 Å². The second-order valence-electron chi connectivity index (χ2n) is 5.98. The van der Waals surface area contributed by atoms with Crippen LogP contribution in [0.15, 0.2) is 24.3 Å². The van der Waals surface area contributed by atoms with Crippen molar-refractivity contribution in [2.45, 2.75) is 39.0 Å². The number of nitro groups is 1. The number of aryl methyl sites for hydroxylation is 1. The molecule has 2 rings (SSSR count). The number of nitro benzene ring substituents is 1. The Labute approximate surface area is 114 Å². The van der Waals surface area contributed by atoms with Crippen LogP contribution < -0.4 is 5.73 Å². The smallest absolute Gasteiger partial charge is 0.269 e. The van der Waals surface area contributed by atoms with Crippen molar-refractivity contribution >= 4 is 5.69 Å². The fraction of sp³-hybridized carbons (Fsp3) is 0.600. The molecule has 1 fully saturated rings. The maximum absolute atomic E-state index is 10.6. The average molecular weight is 262 g/mol. The van der Waals surface area contributed by atoms with Crippen LogP contribution in [0.1, 0.15) is 38.2 Å². The first-order valence-corrected chi connectivity index (χ1v) is 6.98. The molecule has 0 aliphatic heterocycles. The van der Waals surface area contributed by atoms with Crippen LogP contribution in [0.4, 0.5) is 5.69 Å². The third-order valence-electron chi connectivity index (χ3n) is 4.47. The van der Waals surface area contributed by atoms with E-state index in [1.54, 1.807) is 12.1 Å². The van der Waals surface area contributed by atoms with Crippen molar-refractivity contribution < 1.29 is 4.92 Å². The molecule has 2 unspecified atom stereocenters. The summed E-state index contributed by atoms with van der Waals surface area (Å²) >= 11 is 0. The zero-order valence-corrected chi connectivity index (χ0v) is 11.5. The zero-order chi connectivity index (χ0) is 13.9. The highest BCUT2D eigenvalue weighted by molar-refractivity contribution is 5.32. The molecule has 4 heteroatoms. The van der Waals surface area contributed by atoms with Gasteiger partial charge in [0.1, 0.15) is 0 Å². The van der Waals surface area contributed by atoms with E-state index in [-0.39, 0.29) is 10.6 Å². The number of hydrogen-bond donors (Lipinski definition) is 1. The Morgan fingerprint density at radius 2 is 2.11 bits per heavy atom. The standard InChI is InChI=1S/C15H22N2O2/c1-12-6-8-15(10-12,11-16)9-7-13-2-4-14(5-3-13)17(18)19/h2-5,12H,6-11,16H2,1H3. The molecule has 2 atom stereocenters. The molecule has 1 saturated carbocycles. The minimum Gasteiger partial charge on any atom is -0.330 e. The minimum absolute atomic E-state index is 0.159. The van der Waals surface area contributed by atoms with E-state index in [9.17, 15) is 10.1 Å². The molecule has 4 nitrogen and oxygen atoms in total. The number of non-ortho nitro benzene ring substituents is 1. The average Bonchev–Trinajstić information content (AvgIpc) is 2.79. The van der Waals surface area contributed by atoms with Gasteiger partial charge in [0, 0.05) is 12.1 Å². The summed E-state index contributed by atoms with van der Waals surface area (Å²) in [6.45, 7) is 3.05. The fourth-order valence-electron chi connectivity index (χ4n) is 3.20. The molecule has 0 radical (unpaired) electrons. The van der Waals surface area contributed by atoms with E-state index in [0.717, 1.165) is 30.9 Å². The molecular weight excluding hydrogens is 240 g/mol. The summed E-state index contributed by atoms with van der Waals surface area (Å²) in [5, 5.41) is 10.6. The minimum atomic E-state index is -0.357. The maximum Gasteiger partial charge on any atom is 0.269 e. The van der Waals surface area contributed by atoms with E-state index in [0.29, 0.717) is 5.41 Å². The summed E-state index contributed by atoms with van der Waals surface area (Å²) in [6.07, 6.45) is 5.76. The van der Waals surface area contributed by atoms with Crippen LogP contribution in [0.2, 0.25) is 0 Å². The Balaban J connectivity index is 1.96. The third-order valence-corrected chi connectivity index (χ3v) is 4.47. The normalized spacial score (nSPS) is 26.5. The van der Waals surface area contributed by atoms with Crippen LogP contribution in [0.25, 0.3) is 0 Å². The van der Waals surface area contributed by atoms with Gasteiger partial charge in [0.05, 0.1) is 4.92 Å². The molecule has 104 valence electrons. The van der Waals surface area contributed by atoms with Gasteiger partial charge in [0.25, 0.3) is 5.69 Å². The molecular formula is C15H22N2O2. The molecule has 1 aromatic carbocycles. The SMILES string of the molecule is CC1CCC(CN)(CCc2ccc([N+](=O)[O-])cc2)C1. The zero-order valence-electron chi connectivity index (χ0n) is 11.5. The van der Waals surface area contributed by atoms with Gasteiger partial charge in [-0.2, -0.15) is 0 Å². The van der Waals surface area contributed by atoms with Crippen LogP contribution >= 0.6 is 0 Å². The predicted octanol–water partition coefficient (Wildman–Crippen LogP) is 3.29. The second-order valence-corrected chi connectivity index (χ2v) is 5.98. The highest BCUT2D eigenvalue weighted by Gasteiger charge is 2.35. The molecule has 0 bridgehead atoms. The lowest BCUT2D eigenvalue weighted by Crippen LogP contribution is -2.28. The Kier molecular flexibility index (Phi) is 4.20. The second kappa shape index (κ2) is 5.70. The lowest BCUT2D eigenvalue weighted by atomic mass is 9.80. The van der Waals surface area contributed by atoms with E-state index >= 15 is 0 Å². The van der Waals surface area contributed by atoms with Gasteiger partial charge in [-0.3, -0.25) is 10.1 Å². The molecule has 0 heterocycles. The molecule has 1 aliphatic carbocycles. The Hall–Kier alpha value is -1.42. The Bertz CT molecular complexity index is 444. The molecule has 1 aliphatic rings. The van der Waals surface area contributed by atoms with Crippen LogP contribution in [-0.4, -0.2) is 11.5 Å². The van der Waals surface area contributed by atoms with Crippen molar-refractivity contribution in [1.29, 1.82) is 0 Å². The molecule has 19 heavy (non-hydrogen) atoms. The largest absolute Gasteiger partial charge is 0.330 e. The predicted molar refractivity (Wildman–Crippen MR) is 75.9 cm³/mol. The lowest BCUT2D eigenvalue weighted by Gasteiger charge is -2.27. The number of nitrogens with zero attached hydrogens (tertiary/aromatic N) is 1. The van der Waals surface area contributed by atoms with Gasteiger partial charge in [-0.15, -0.1) is 0 Å². The Morgan fingerprint density at radius 1 is 1.42 bits per heavy atom. The highest BCUT2D eigenvalue weighted by atomic mass is 16.6. The van der Waals surface area contributed by atoms with Crippen LogP contribution in [0.3, 0.4) is 0 Å². The quantitative estimate of drug-likeness (QED) is 0.654. The maximum atomic E-state index is 10.6. The van der Waals surface area contributed by atoms with Crippen molar-refractivity contribution in [2.24, 2.45) is 17.1 Å². The van der Waals surface area contributed by atoms with Gasteiger partial charge >= 0.3 is 0 Å². The third kappa shape index (κ3) is 3.32. The monoisotopic (exact) mass is 262 g/mol. The van der Waals surface area contributed by atoms with Gasteiger partial charge in [0.15, 0.2) is 0 Å². The van der Waals surface area contributed by atoms with Gasteiger partial charge in [-0.25, -0.2) is 0 Å². The van der Waals surface area contributed by atoms with E-state index in [2.05, 4.69) is 6.92 Å². The molecule has 0 amide bonds. The van der Waals surface area contributed by atoms with Gasteiger partial charge < -0.3 is 5.73 Å². The first kappa shape index (κ1) is 14.0. The van der Waals surface area contributed by atoms with Gasteiger partial charge in [-0.1, -0.05) is 25.5 Å². The van der Waals surface area contributed by atoms with Crippen molar-refractivity contribution in [3.8, 4) is 0 Å². The van der Waals surface area contributed by atoms with Crippen molar-refractivity contribution in [1.82, 2.24) is 0 Å². The molecule has 0 aromatic heterocycles. The van der Waals surface area contributed by atoms with E-state index in [1.165, 1.54) is 19.3 Å². The van der Waals surface area contributed by atoms with Crippen LogP contribution in [0.5, 0.6) is 0 Å². The van der Waals surface area contributed by atoms with Crippen LogP contribution in [0, 0.1) is 21.4 Å². The summed E-state index contributed by atoms with van der Waals surface area (Å²) in [6, 6.07) is 6.89. The Morgan fingerprint density at radius 3 is 2.58 bits per heavy atom. The summed E-state index contributed by atoms with van der Waals surface area (Å²) in [7, 11) is 0. The number of hydrogen-bond acceptors (Lipinski definition) is 3. The molecule has 1 aromatic rings. The number of benzene rings is 1. The van der Waals surface area contributed by atoms with E-state index in [4.69, 9.17) is 5.73 Å². The van der Waals surface area contributed by atoms with Gasteiger partial charge in [0.2, 0.25) is 0 Å². The molecule has 0 spiro atoms. The summed E-state index contributed by atoms with van der Waals surface area (Å²) < 4.78 is 0. The topological polar surface area (TPSA) is 69.2 Å². The number of nitrogens with two attached hydrogens (primary N) is 1. The first-order chi connectivity index (χ1) is 9.04. The van der Waals surface area contributed by atoms with Crippen molar-refractivity contribution in [3.05, 3.63) is 39.9 Å². The summed E-state index contributed by atoms with van der Waals surface area (Å²) in [5.74, 6) is 0.778. The first-order valence-electron chi connectivity index (χ1n) is 6.98. The molecule has 2 N–H and O–H groups in total. The van der Waals surface area contributed by atoms with Crippen LogP contribution in [-0.2, 0) is 6.42 Å². The van der Waals surface area contributed by atoms with E-state index in [1.807, 2.05) is 12.1 Å². The molecule has 0 saturated heterocycles. The summed E-state index contributed by atoms with van der Waals surface area (Å²) in [5.41, 5.74) is 7.59. The lowest BCUT2D eigenvalue weighted by molar-refractivity contribution is -0.384. The fourth-order valence-corrected chi connectivity index (χ4v) is 3.20.